The highest BCUT2D eigenvalue weighted by atomic mass is 15.1. The highest BCUT2D eigenvalue weighted by Crippen LogP contribution is 2.34. The van der Waals surface area contributed by atoms with Gasteiger partial charge in [0.1, 0.15) is 0 Å². The van der Waals surface area contributed by atoms with Crippen LogP contribution in [0, 0.1) is 17.8 Å². The first-order chi connectivity index (χ1) is 8.31. The minimum absolute atomic E-state index is 0.514. The minimum Gasteiger partial charge on any atom is -0.329 e. The van der Waals surface area contributed by atoms with Crippen LogP contribution < -0.4 is 5.73 Å². The molecule has 1 saturated carbocycles. The molecular formula is C15H20N2. The van der Waals surface area contributed by atoms with Crippen LogP contribution in [0.25, 0.3) is 0 Å². The van der Waals surface area contributed by atoms with Gasteiger partial charge in [0.25, 0.3) is 0 Å². The molecule has 0 aliphatic heterocycles. The van der Waals surface area contributed by atoms with E-state index >= 15 is 0 Å². The Hall–Kier alpha value is -1.30. The fourth-order valence-corrected chi connectivity index (χ4v) is 2.12. The Kier molecular flexibility index (Phi) is 4.19. The number of nitrogens with zero attached hydrogens (tertiary/aromatic N) is 1. The molecule has 2 rings (SSSR count). The van der Waals surface area contributed by atoms with Crippen LogP contribution in [0.4, 0.5) is 0 Å². The van der Waals surface area contributed by atoms with Crippen molar-refractivity contribution in [3.63, 3.8) is 0 Å². The van der Waals surface area contributed by atoms with E-state index in [0.29, 0.717) is 6.04 Å². The van der Waals surface area contributed by atoms with E-state index in [1.54, 1.807) is 0 Å². The van der Waals surface area contributed by atoms with Gasteiger partial charge in [-0.2, -0.15) is 0 Å². The molecule has 0 aromatic heterocycles. The van der Waals surface area contributed by atoms with Crippen molar-refractivity contribution in [3.05, 3.63) is 35.9 Å². The second kappa shape index (κ2) is 5.86. The summed E-state index contributed by atoms with van der Waals surface area (Å²) in [6.45, 7) is 1.54. The van der Waals surface area contributed by atoms with Gasteiger partial charge in [-0.05, 0) is 37.9 Å². The molecule has 0 amide bonds. The number of rotatable bonds is 4. The summed E-state index contributed by atoms with van der Waals surface area (Å²) in [5.74, 6) is 7.21. The van der Waals surface area contributed by atoms with Crippen molar-refractivity contribution in [2.24, 2.45) is 11.7 Å². The van der Waals surface area contributed by atoms with E-state index in [0.717, 1.165) is 24.6 Å². The van der Waals surface area contributed by atoms with Gasteiger partial charge in [-0.3, -0.25) is 4.90 Å². The van der Waals surface area contributed by atoms with E-state index in [2.05, 4.69) is 23.8 Å². The second-order valence-corrected chi connectivity index (χ2v) is 4.72. The van der Waals surface area contributed by atoms with Crippen molar-refractivity contribution >= 4 is 0 Å². The predicted octanol–water partition coefficient (Wildman–Crippen LogP) is 1.71. The Bertz CT molecular complexity index is 398. The number of hydrogen-bond acceptors (Lipinski definition) is 2. The second-order valence-electron chi connectivity index (χ2n) is 4.72. The molecule has 1 fully saturated rings. The summed E-state index contributed by atoms with van der Waals surface area (Å²) in [6.07, 6.45) is 2.66. The Morgan fingerprint density at radius 1 is 1.35 bits per heavy atom. The van der Waals surface area contributed by atoms with Gasteiger partial charge in [0.05, 0.1) is 6.54 Å². The lowest BCUT2D eigenvalue weighted by atomic mass is 10.1. The smallest absolute Gasteiger partial charge is 0.0605 e. The van der Waals surface area contributed by atoms with Gasteiger partial charge in [-0.15, -0.1) is 0 Å². The molecule has 90 valence electrons. The van der Waals surface area contributed by atoms with Crippen molar-refractivity contribution in [2.45, 2.75) is 18.9 Å². The maximum absolute atomic E-state index is 5.81. The van der Waals surface area contributed by atoms with Crippen LogP contribution in [0.1, 0.15) is 18.4 Å². The molecule has 0 saturated heterocycles. The maximum atomic E-state index is 5.81. The number of hydrogen-bond donors (Lipinski definition) is 1. The quantitative estimate of drug-likeness (QED) is 0.795. The largest absolute Gasteiger partial charge is 0.329 e. The molecule has 0 radical (unpaired) electrons. The lowest BCUT2D eigenvalue weighted by Crippen LogP contribution is -2.39. The van der Waals surface area contributed by atoms with Crippen molar-refractivity contribution in [1.82, 2.24) is 4.90 Å². The Balaban J connectivity index is 1.87. The van der Waals surface area contributed by atoms with Crippen molar-refractivity contribution < 1.29 is 0 Å². The van der Waals surface area contributed by atoms with Gasteiger partial charge in [0, 0.05) is 18.2 Å². The van der Waals surface area contributed by atoms with Crippen molar-refractivity contribution in [1.29, 1.82) is 0 Å². The molecule has 1 atom stereocenters. The van der Waals surface area contributed by atoms with E-state index in [1.807, 2.05) is 30.3 Å². The van der Waals surface area contributed by atoms with Gasteiger partial charge >= 0.3 is 0 Å². The molecule has 17 heavy (non-hydrogen) atoms. The Morgan fingerprint density at radius 2 is 2.06 bits per heavy atom. The first-order valence-electron chi connectivity index (χ1n) is 6.25. The third-order valence-electron chi connectivity index (χ3n) is 3.31. The summed E-state index contributed by atoms with van der Waals surface area (Å²) < 4.78 is 0. The van der Waals surface area contributed by atoms with Crippen LogP contribution in [-0.4, -0.2) is 31.1 Å². The summed E-state index contributed by atoms with van der Waals surface area (Å²) in [5, 5.41) is 0. The molecule has 1 aromatic carbocycles. The molecular weight excluding hydrogens is 208 g/mol. The summed E-state index contributed by atoms with van der Waals surface area (Å²) >= 11 is 0. The van der Waals surface area contributed by atoms with E-state index < -0.39 is 0 Å². The van der Waals surface area contributed by atoms with Gasteiger partial charge in [0.2, 0.25) is 0 Å². The molecule has 1 aliphatic carbocycles. The lowest BCUT2D eigenvalue weighted by molar-refractivity contribution is 0.249. The zero-order valence-corrected chi connectivity index (χ0v) is 10.4. The molecule has 2 N–H and O–H groups in total. The van der Waals surface area contributed by atoms with E-state index in [4.69, 9.17) is 5.73 Å². The molecule has 0 bridgehead atoms. The van der Waals surface area contributed by atoms with E-state index in [9.17, 15) is 0 Å². The summed E-state index contributed by atoms with van der Waals surface area (Å²) in [7, 11) is 2.12. The zero-order chi connectivity index (χ0) is 12.1. The van der Waals surface area contributed by atoms with Crippen molar-refractivity contribution in [2.75, 3.05) is 20.1 Å². The van der Waals surface area contributed by atoms with Gasteiger partial charge in [-0.1, -0.05) is 30.0 Å². The van der Waals surface area contributed by atoms with Crippen LogP contribution >= 0.6 is 0 Å². The van der Waals surface area contributed by atoms with E-state index in [-0.39, 0.29) is 0 Å². The average Bonchev–Trinajstić information content (AvgIpc) is 3.16. The minimum atomic E-state index is 0.514. The molecule has 0 heterocycles. The maximum Gasteiger partial charge on any atom is 0.0605 e. The van der Waals surface area contributed by atoms with Gasteiger partial charge < -0.3 is 5.73 Å². The number of benzene rings is 1. The molecule has 1 unspecified atom stereocenters. The average molecular weight is 228 g/mol. The van der Waals surface area contributed by atoms with Crippen molar-refractivity contribution in [3.8, 4) is 11.8 Å². The van der Waals surface area contributed by atoms with Crippen LogP contribution in [0.2, 0.25) is 0 Å². The monoisotopic (exact) mass is 228 g/mol. The topological polar surface area (TPSA) is 29.3 Å². The highest BCUT2D eigenvalue weighted by Gasteiger charge is 2.32. The van der Waals surface area contributed by atoms with Crippen LogP contribution in [0.5, 0.6) is 0 Å². The SMILES string of the molecule is CN(CC#Cc1ccccc1)C(CN)C1CC1. The Labute approximate surface area is 104 Å². The van der Waals surface area contributed by atoms with Crippen LogP contribution in [0.3, 0.4) is 0 Å². The molecule has 1 aliphatic rings. The third kappa shape index (κ3) is 3.59. The molecule has 2 heteroatoms. The highest BCUT2D eigenvalue weighted by molar-refractivity contribution is 5.33. The fraction of sp³-hybridized carbons (Fsp3) is 0.467. The normalized spacial score (nSPS) is 16.4. The first-order valence-corrected chi connectivity index (χ1v) is 6.25. The summed E-state index contributed by atoms with van der Waals surface area (Å²) in [4.78, 5) is 2.29. The fourth-order valence-electron chi connectivity index (χ4n) is 2.12. The lowest BCUT2D eigenvalue weighted by Gasteiger charge is -2.24. The van der Waals surface area contributed by atoms with Crippen LogP contribution in [-0.2, 0) is 0 Å². The number of nitrogens with two attached hydrogens (primary N) is 1. The standard InChI is InChI=1S/C15H20N2/c1-17(15(12-16)14-9-10-14)11-5-8-13-6-3-2-4-7-13/h2-4,6-7,14-15H,9-12,16H2,1H3. The summed E-state index contributed by atoms with van der Waals surface area (Å²) in [5.41, 5.74) is 6.89. The zero-order valence-electron chi connectivity index (χ0n) is 10.4. The molecule has 0 spiro atoms. The third-order valence-corrected chi connectivity index (χ3v) is 3.31. The van der Waals surface area contributed by atoms with Gasteiger partial charge in [0.15, 0.2) is 0 Å². The first kappa shape index (κ1) is 12.2. The van der Waals surface area contributed by atoms with Gasteiger partial charge in [-0.25, -0.2) is 0 Å². The number of likely N-dealkylation sites (N-methyl/N-ethyl adjacent to an activating group) is 1. The van der Waals surface area contributed by atoms with Crippen LogP contribution in [0.15, 0.2) is 30.3 Å². The Morgan fingerprint density at radius 3 is 2.65 bits per heavy atom. The molecule has 2 nitrogen and oxygen atoms in total. The van der Waals surface area contributed by atoms with E-state index in [1.165, 1.54) is 12.8 Å². The predicted molar refractivity (Wildman–Crippen MR) is 71.5 cm³/mol. The molecule has 1 aromatic rings. The summed E-state index contributed by atoms with van der Waals surface area (Å²) in [6, 6.07) is 10.6.